The molecular formula is C28H31N5O2S. The molecule has 0 unspecified atom stereocenters. The fourth-order valence-electron chi connectivity index (χ4n) is 5.44. The second-order valence-electron chi connectivity index (χ2n) is 9.66. The third kappa shape index (κ3) is 4.52. The van der Waals surface area contributed by atoms with Crippen LogP contribution < -0.4 is 10.2 Å². The van der Waals surface area contributed by atoms with Gasteiger partial charge in [-0.2, -0.15) is 16.4 Å². The first-order valence-electron chi connectivity index (χ1n) is 12.7. The Labute approximate surface area is 215 Å². The number of hydrogen-bond acceptors (Lipinski definition) is 6. The molecule has 186 valence electrons. The first-order valence-corrected chi connectivity index (χ1v) is 13.6. The number of likely N-dealkylation sites (tertiary alicyclic amines) is 1. The molecule has 2 aromatic heterocycles. The van der Waals surface area contributed by atoms with Crippen LogP contribution in [0.3, 0.4) is 0 Å². The minimum absolute atomic E-state index is 0.0152. The number of morpholine rings is 1. The molecule has 0 saturated carbocycles. The van der Waals surface area contributed by atoms with E-state index in [4.69, 9.17) is 4.74 Å². The third-order valence-electron chi connectivity index (χ3n) is 7.39. The second kappa shape index (κ2) is 10.0. The Morgan fingerprint density at radius 3 is 2.69 bits per heavy atom. The van der Waals surface area contributed by atoms with Crippen molar-refractivity contribution in [3.8, 4) is 11.3 Å². The zero-order valence-corrected chi connectivity index (χ0v) is 21.3. The van der Waals surface area contributed by atoms with Gasteiger partial charge in [0.2, 0.25) is 5.91 Å². The van der Waals surface area contributed by atoms with Crippen LogP contribution in [0.2, 0.25) is 0 Å². The van der Waals surface area contributed by atoms with E-state index in [0.29, 0.717) is 6.04 Å². The van der Waals surface area contributed by atoms with Crippen molar-refractivity contribution in [2.24, 2.45) is 0 Å². The molecule has 1 amide bonds. The molecule has 7 nitrogen and oxygen atoms in total. The lowest BCUT2D eigenvalue weighted by molar-refractivity contribution is -0.121. The normalized spacial score (nSPS) is 19.6. The third-order valence-corrected chi connectivity index (χ3v) is 8.09. The Morgan fingerprint density at radius 1 is 1.14 bits per heavy atom. The summed E-state index contributed by atoms with van der Waals surface area (Å²) in [7, 11) is 0. The molecule has 6 rings (SSSR count). The lowest BCUT2D eigenvalue weighted by atomic mass is 10.1. The molecule has 0 bridgehead atoms. The number of hydrogen-bond donors (Lipinski definition) is 2. The summed E-state index contributed by atoms with van der Waals surface area (Å²) in [5.41, 5.74) is 5.93. The number of nitrogens with zero attached hydrogens (tertiary/aromatic N) is 3. The van der Waals surface area contributed by atoms with Gasteiger partial charge in [-0.05, 0) is 79.0 Å². The maximum atomic E-state index is 13.6. The number of ether oxygens (including phenoxy) is 1. The van der Waals surface area contributed by atoms with Gasteiger partial charge in [0.05, 0.1) is 24.4 Å². The number of rotatable bonds is 6. The Hall–Kier alpha value is -3.20. The summed E-state index contributed by atoms with van der Waals surface area (Å²) in [4.78, 5) is 18.2. The topological polar surface area (TPSA) is 73.5 Å². The molecule has 2 aromatic carbocycles. The zero-order valence-electron chi connectivity index (χ0n) is 20.4. The second-order valence-corrected chi connectivity index (χ2v) is 10.4. The first kappa shape index (κ1) is 23.2. The van der Waals surface area contributed by atoms with Gasteiger partial charge in [0.1, 0.15) is 6.04 Å². The van der Waals surface area contributed by atoms with Gasteiger partial charge in [0, 0.05) is 41.5 Å². The molecule has 4 aromatic rings. The van der Waals surface area contributed by atoms with Crippen molar-refractivity contribution in [1.29, 1.82) is 0 Å². The molecule has 0 spiro atoms. The van der Waals surface area contributed by atoms with Crippen molar-refractivity contribution >= 4 is 39.5 Å². The van der Waals surface area contributed by atoms with Gasteiger partial charge >= 0.3 is 0 Å². The number of carbonyl (C=O) groups excluding carboxylic acids is 1. The number of aromatic nitrogens is 2. The van der Waals surface area contributed by atoms with E-state index in [1.165, 1.54) is 5.69 Å². The first-order chi connectivity index (χ1) is 17.7. The standard InChI is InChI=1S/C28H31N5O2S/c1-19-3-2-11-33(19)27(21-10-16-36-18-21)28(34)29-22-6-9-25-24(17-22)26(31-30-25)20-4-7-23(8-5-20)32-12-14-35-15-13-32/h4-10,16-19,27H,2-3,11-15H2,1H3,(H,29,34)(H,30,31)/t19-,27-/m1/s1. The fraction of sp³-hybridized carbons (Fsp3) is 0.357. The molecule has 8 heteroatoms. The van der Waals surface area contributed by atoms with Crippen LogP contribution in [-0.2, 0) is 9.53 Å². The van der Waals surface area contributed by atoms with E-state index >= 15 is 0 Å². The molecule has 2 saturated heterocycles. The largest absolute Gasteiger partial charge is 0.378 e. The van der Waals surface area contributed by atoms with Crippen molar-refractivity contribution in [3.05, 3.63) is 64.9 Å². The summed E-state index contributed by atoms with van der Waals surface area (Å²) in [6.45, 7) is 6.52. The fourth-order valence-corrected chi connectivity index (χ4v) is 6.12. The van der Waals surface area contributed by atoms with Crippen molar-refractivity contribution in [1.82, 2.24) is 15.1 Å². The van der Waals surface area contributed by atoms with Gasteiger partial charge in [-0.15, -0.1) is 0 Å². The van der Waals surface area contributed by atoms with E-state index in [1.54, 1.807) is 11.3 Å². The Balaban J connectivity index is 1.25. The summed E-state index contributed by atoms with van der Waals surface area (Å²) in [5, 5.41) is 16.1. The quantitative estimate of drug-likeness (QED) is 0.376. The summed E-state index contributed by atoms with van der Waals surface area (Å²) in [5.74, 6) is 0.0152. The summed E-state index contributed by atoms with van der Waals surface area (Å²) < 4.78 is 5.47. The highest BCUT2D eigenvalue weighted by atomic mass is 32.1. The Morgan fingerprint density at radius 2 is 1.97 bits per heavy atom. The molecule has 0 aliphatic carbocycles. The number of benzene rings is 2. The van der Waals surface area contributed by atoms with E-state index in [0.717, 1.165) is 79.1 Å². The van der Waals surface area contributed by atoms with E-state index < -0.39 is 0 Å². The van der Waals surface area contributed by atoms with Crippen molar-refractivity contribution in [2.75, 3.05) is 43.1 Å². The molecule has 2 aliphatic rings. The average Bonchev–Trinajstić information content (AvgIpc) is 3.67. The van der Waals surface area contributed by atoms with Gasteiger partial charge in [0.15, 0.2) is 0 Å². The van der Waals surface area contributed by atoms with Gasteiger partial charge in [-0.1, -0.05) is 12.1 Å². The lowest BCUT2D eigenvalue weighted by Crippen LogP contribution is -2.39. The van der Waals surface area contributed by atoms with Crippen LogP contribution in [0.5, 0.6) is 0 Å². The highest BCUT2D eigenvalue weighted by Gasteiger charge is 2.34. The SMILES string of the molecule is C[C@@H]1CCCN1[C@@H](C(=O)Nc1ccc2[nH]nc(-c3ccc(N4CCOCC4)cc3)c2c1)c1ccsc1. The van der Waals surface area contributed by atoms with Crippen LogP contribution in [-0.4, -0.2) is 59.9 Å². The monoisotopic (exact) mass is 501 g/mol. The van der Waals surface area contributed by atoms with Crippen LogP contribution >= 0.6 is 11.3 Å². The van der Waals surface area contributed by atoms with E-state index in [9.17, 15) is 4.79 Å². The van der Waals surface area contributed by atoms with Crippen LogP contribution in [0.1, 0.15) is 31.4 Å². The number of thiophene rings is 1. The van der Waals surface area contributed by atoms with Crippen LogP contribution in [0.15, 0.2) is 59.3 Å². The predicted molar refractivity (Wildman–Crippen MR) is 146 cm³/mol. The van der Waals surface area contributed by atoms with Crippen molar-refractivity contribution in [3.63, 3.8) is 0 Å². The van der Waals surface area contributed by atoms with E-state index in [1.807, 2.05) is 23.6 Å². The molecule has 2 aliphatic heterocycles. The van der Waals surface area contributed by atoms with Gasteiger partial charge in [-0.25, -0.2) is 0 Å². The maximum Gasteiger partial charge on any atom is 0.246 e. The number of amides is 1. The highest BCUT2D eigenvalue weighted by Crippen LogP contribution is 2.33. The summed E-state index contributed by atoms with van der Waals surface area (Å²) in [6, 6.07) is 16.7. The number of nitrogens with one attached hydrogen (secondary N) is 2. The van der Waals surface area contributed by atoms with E-state index in [-0.39, 0.29) is 11.9 Å². The van der Waals surface area contributed by atoms with Gasteiger partial charge in [-0.3, -0.25) is 14.8 Å². The molecule has 36 heavy (non-hydrogen) atoms. The maximum absolute atomic E-state index is 13.6. The number of anilines is 2. The van der Waals surface area contributed by atoms with Crippen molar-refractivity contribution < 1.29 is 9.53 Å². The number of fused-ring (bicyclic) bond motifs is 1. The average molecular weight is 502 g/mol. The van der Waals surface area contributed by atoms with Crippen molar-refractivity contribution in [2.45, 2.75) is 31.8 Å². The molecule has 2 N–H and O–H groups in total. The number of H-pyrrole nitrogens is 1. The smallest absolute Gasteiger partial charge is 0.246 e. The van der Waals surface area contributed by atoms with Gasteiger partial charge in [0.25, 0.3) is 0 Å². The molecule has 2 fully saturated rings. The molecule has 2 atom stereocenters. The van der Waals surface area contributed by atoms with Gasteiger partial charge < -0.3 is 15.0 Å². The highest BCUT2D eigenvalue weighted by molar-refractivity contribution is 7.08. The lowest BCUT2D eigenvalue weighted by Gasteiger charge is -2.30. The van der Waals surface area contributed by atoms with Crippen LogP contribution in [0, 0.1) is 0 Å². The number of aromatic amines is 1. The summed E-state index contributed by atoms with van der Waals surface area (Å²) in [6.07, 6.45) is 2.26. The molecule has 4 heterocycles. The predicted octanol–water partition coefficient (Wildman–Crippen LogP) is 5.29. The summed E-state index contributed by atoms with van der Waals surface area (Å²) >= 11 is 1.64. The minimum Gasteiger partial charge on any atom is -0.378 e. The molecular weight excluding hydrogens is 470 g/mol. The Kier molecular flexibility index (Phi) is 6.48. The van der Waals surface area contributed by atoms with Crippen LogP contribution in [0.4, 0.5) is 11.4 Å². The molecule has 0 radical (unpaired) electrons. The minimum atomic E-state index is -0.277. The number of carbonyl (C=O) groups is 1. The Bertz CT molecular complexity index is 1330. The van der Waals surface area contributed by atoms with Crippen LogP contribution in [0.25, 0.3) is 22.2 Å². The van der Waals surface area contributed by atoms with E-state index in [2.05, 4.69) is 67.9 Å². The zero-order chi connectivity index (χ0) is 24.5.